The molecule has 9 heavy (non-hydrogen) atoms. The van der Waals surface area contributed by atoms with Crippen molar-refractivity contribution >= 4 is 5.91 Å². The van der Waals surface area contributed by atoms with Gasteiger partial charge in [0.1, 0.15) is 0 Å². The van der Waals surface area contributed by atoms with Gasteiger partial charge in [-0.2, -0.15) is 0 Å². The van der Waals surface area contributed by atoms with Crippen molar-refractivity contribution in [3.8, 4) is 0 Å². The Kier molecular flexibility index (Phi) is 4.10. The van der Waals surface area contributed by atoms with E-state index in [0.29, 0.717) is 6.04 Å². The Bertz CT molecular complexity index is 90.9. The van der Waals surface area contributed by atoms with Gasteiger partial charge in [-0.25, -0.2) is 0 Å². The third-order valence-electron chi connectivity index (χ3n) is 1.17. The highest BCUT2D eigenvalue weighted by atomic mass is 16.1. The standard InChI is InChI=1S/C7H15NO/c1-4-5-6(2)8-7(3)9/h6H,4-5H2,1-3H3,(H,8,9)/t6-/m0/s1. The van der Waals surface area contributed by atoms with Gasteiger partial charge in [-0.15, -0.1) is 0 Å². The van der Waals surface area contributed by atoms with Crippen molar-refractivity contribution in [3.05, 3.63) is 0 Å². The van der Waals surface area contributed by atoms with E-state index in [9.17, 15) is 4.79 Å². The molecule has 0 radical (unpaired) electrons. The van der Waals surface area contributed by atoms with Gasteiger partial charge in [-0.05, 0) is 13.3 Å². The van der Waals surface area contributed by atoms with Gasteiger partial charge in [0.25, 0.3) is 0 Å². The summed E-state index contributed by atoms with van der Waals surface area (Å²) in [7, 11) is 0. The third kappa shape index (κ3) is 5.34. The smallest absolute Gasteiger partial charge is 0.217 e. The zero-order valence-corrected chi connectivity index (χ0v) is 6.40. The van der Waals surface area contributed by atoms with Crippen molar-refractivity contribution in [2.45, 2.75) is 39.7 Å². The van der Waals surface area contributed by atoms with Gasteiger partial charge in [0, 0.05) is 13.0 Å². The molecule has 0 aromatic carbocycles. The largest absolute Gasteiger partial charge is 0.354 e. The van der Waals surface area contributed by atoms with Crippen LogP contribution in [0.1, 0.15) is 33.6 Å². The minimum Gasteiger partial charge on any atom is -0.354 e. The molecule has 1 N–H and O–H groups in total. The summed E-state index contributed by atoms with van der Waals surface area (Å²) in [4.78, 5) is 10.4. The van der Waals surface area contributed by atoms with E-state index in [1.807, 2.05) is 6.92 Å². The monoisotopic (exact) mass is 129 g/mol. The van der Waals surface area contributed by atoms with Crippen LogP contribution in [0, 0.1) is 0 Å². The average molecular weight is 129 g/mol. The molecule has 0 heterocycles. The summed E-state index contributed by atoms with van der Waals surface area (Å²) in [6.45, 7) is 5.68. The molecule has 0 saturated carbocycles. The highest BCUT2D eigenvalue weighted by Gasteiger charge is 1.99. The van der Waals surface area contributed by atoms with Gasteiger partial charge in [0.2, 0.25) is 5.91 Å². The van der Waals surface area contributed by atoms with E-state index < -0.39 is 0 Å². The number of nitrogens with one attached hydrogen (secondary N) is 1. The molecule has 0 spiro atoms. The number of hydrogen-bond donors (Lipinski definition) is 1. The second kappa shape index (κ2) is 4.36. The molecule has 0 aromatic rings. The molecule has 0 aliphatic heterocycles. The molecular weight excluding hydrogens is 114 g/mol. The van der Waals surface area contributed by atoms with Crippen LogP contribution >= 0.6 is 0 Å². The fourth-order valence-electron chi connectivity index (χ4n) is 0.852. The molecule has 2 nitrogen and oxygen atoms in total. The molecule has 0 aromatic heterocycles. The van der Waals surface area contributed by atoms with Gasteiger partial charge >= 0.3 is 0 Å². The Labute approximate surface area is 56.6 Å². The Morgan fingerprint density at radius 2 is 2.22 bits per heavy atom. The molecule has 0 fully saturated rings. The SMILES string of the molecule is CCC[C@H](C)NC(C)=O. The zero-order valence-electron chi connectivity index (χ0n) is 6.40. The summed E-state index contributed by atoms with van der Waals surface area (Å²) in [5.74, 6) is 0.0657. The maximum Gasteiger partial charge on any atom is 0.217 e. The van der Waals surface area contributed by atoms with Crippen molar-refractivity contribution in [1.29, 1.82) is 0 Å². The van der Waals surface area contributed by atoms with Gasteiger partial charge in [-0.1, -0.05) is 13.3 Å². The first-order chi connectivity index (χ1) is 4.16. The fraction of sp³-hybridized carbons (Fsp3) is 0.857. The lowest BCUT2D eigenvalue weighted by Gasteiger charge is -2.09. The van der Waals surface area contributed by atoms with E-state index in [2.05, 4.69) is 12.2 Å². The fourth-order valence-corrected chi connectivity index (χ4v) is 0.852. The lowest BCUT2D eigenvalue weighted by atomic mass is 10.2. The molecule has 0 aliphatic carbocycles. The molecule has 1 atom stereocenters. The van der Waals surface area contributed by atoms with Gasteiger partial charge in [0.15, 0.2) is 0 Å². The summed E-state index contributed by atoms with van der Waals surface area (Å²) < 4.78 is 0. The van der Waals surface area contributed by atoms with Crippen molar-refractivity contribution in [1.82, 2.24) is 5.32 Å². The van der Waals surface area contributed by atoms with Crippen molar-refractivity contribution in [2.24, 2.45) is 0 Å². The van der Waals surface area contributed by atoms with Crippen LogP contribution in [0.3, 0.4) is 0 Å². The molecule has 54 valence electrons. The van der Waals surface area contributed by atoms with Crippen LogP contribution < -0.4 is 5.32 Å². The quantitative estimate of drug-likeness (QED) is 0.611. The average Bonchev–Trinajstić information content (AvgIpc) is 1.63. The van der Waals surface area contributed by atoms with Crippen LogP contribution in [-0.4, -0.2) is 11.9 Å². The van der Waals surface area contributed by atoms with E-state index in [1.54, 1.807) is 6.92 Å². The van der Waals surface area contributed by atoms with E-state index >= 15 is 0 Å². The summed E-state index contributed by atoms with van der Waals surface area (Å²) >= 11 is 0. The number of amides is 1. The predicted molar refractivity (Wildman–Crippen MR) is 38.2 cm³/mol. The predicted octanol–water partition coefficient (Wildman–Crippen LogP) is 1.31. The number of carbonyl (C=O) groups excluding carboxylic acids is 1. The van der Waals surface area contributed by atoms with Crippen molar-refractivity contribution in [2.75, 3.05) is 0 Å². The first-order valence-corrected chi connectivity index (χ1v) is 3.44. The molecule has 0 saturated heterocycles. The van der Waals surface area contributed by atoms with E-state index in [1.165, 1.54) is 0 Å². The highest BCUT2D eigenvalue weighted by Crippen LogP contribution is 1.93. The Hall–Kier alpha value is -0.530. The zero-order chi connectivity index (χ0) is 7.28. The topological polar surface area (TPSA) is 29.1 Å². The van der Waals surface area contributed by atoms with Crippen LogP contribution in [0.5, 0.6) is 0 Å². The van der Waals surface area contributed by atoms with Crippen LogP contribution in [0.25, 0.3) is 0 Å². The molecule has 0 bridgehead atoms. The van der Waals surface area contributed by atoms with Gasteiger partial charge in [0.05, 0.1) is 0 Å². The second-order valence-electron chi connectivity index (χ2n) is 2.39. The minimum absolute atomic E-state index is 0.0657. The van der Waals surface area contributed by atoms with Gasteiger partial charge < -0.3 is 5.32 Å². The third-order valence-corrected chi connectivity index (χ3v) is 1.17. The van der Waals surface area contributed by atoms with Crippen LogP contribution in [0.4, 0.5) is 0 Å². The van der Waals surface area contributed by atoms with Crippen molar-refractivity contribution in [3.63, 3.8) is 0 Å². The summed E-state index contributed by atoms with van der Waals surface area (Å²) in [6.07, 6.45) is 2.20. The first kappa shape index (κ1) is 8.47. The maximum atomic E-state index is 10.4. The van der Waals surface area contributed by atoms with Crippen LogP contribution in [0.15, 0.2) is 0 Å². The number of carbonyl (C=O) groups is 1. The Balaban J connectivity index is 3.26. The summed E-state index contributed by atoms with van der Waals surface area (Å²) in [5, 5.41) is 2.80. The molecule has 0 rings (SSSR count). The van der Waals surface area contributed by atoms with Crippen LogP contribution in [-0.2, 0) is 4.79 Å². The second-order valence-corrected chi connectivity index (χ2v) is 2.39. The normalized spacial score (nSPS) is 12.8. The van der Waals surface area contributed by atoms with Crippen LogP contribution in [0.2, 0.25) is 0 Å². The van der Waals surface area contributed by atoms with E-state index in [0.717, 1.165) is 12.8 Å². The highest BCUT2D eigenvalue weighted by molar-refractivity contribution is 5.73. The lowest BCUT2D eigenvalue weighted by Crippen LogP contribution is -2.29. The molecule has 0 aliphatic rings. The number of hydrogen-bond acceptors (Lipinski definition) is 1. The van der Waals surface area contributed by atoms with E-state index in [4.69, 9.17) is 0 Å². The maximum absolute atomic E-state index is 10.4. The molecule has 0 unspecified atom stereocenters. The lowest BCUT2D eigenvalue weighted by molar-refractivity contribution is -0.119. The Morgan fingerprint density at radius 3 is 2.56 bits per heavy atom. The molecule has 1 amide bonds. The molecule has 2 heteroatoms. The van der Waals surface area contributed by atoms with Gasteiger partial charge in [-0.3, -0.25) is 4.79 Å². The Morgan fingerprint density at radius 1 is 1.67 bits per heavy atom. The first-order valence-electron chi connectivity index (χ1n) is 3.44. The summed E-state index contributed by atoms with van der Waals surface area (Å²) in [6, 6.07) is 0.340. The van der Waals surface area contributed by atoms with Crippen molar-refractivity contribution < 1.29 is 4.79 Å². The number of rotatable bonds is 3. The minimum atomic E-state index is 0.0657. The van der Waals surface area contributed by atoms with E-state index in [-0.39, 0.29) is 5.91 Å². The summed E-state index contributed by atoms with van der Waals surface area (Å²) in [5.41, 5.74) is 0. The molecular formula is C7H15NO.